The first-order valence-corrected chi connectivity index (χ1v) is 15.7. The molecular formula is C32H40N2O3S. The van der Waals surface area contributed by atoms with Gasteiger partial charge in [-0.05, 0) is 97.6 Å². The van der Waals surface area contributed by atoms with Crippen LogP contribution in [0.3, 0.4) is 0 Å². The maximum absolute atomic E-state index is 12.6. The molecule has 38 heavy (non-hydrogen) atoms. The number of unbranched alkanes of at least 4 members (excludes halogenated alkanes) is 1. The topological polar surface area (TPSA) is 66.5 Å². The second-order valence-electron chi connectivity index (χ2n) is 10.5. The number of amides is 1. The van der Waals surface area contributed by atoms with Crippen molar-refractivity contribution in [3.63, 3.8) is 0 Å². The van der Waals surface area contributed by atoms with Gasteiger partial charge in [0, 0.05) is 24.4 Å². The molecule has 1 amide bonds. The third kappa shape index (κ3) is 6.91. The van der Waals surface area contributed by atoms with Crippen LogP contribution < -0.4 is 5.32 Å². The molecule has 0 aliphatic heterocycles. The molecule has 0 bridgehead atoms. The molecular weight excluding hydrogens is 492 g/mol. The Labute approximate surface area is 228 Å². The van der Waals surface area contributed by atoms with E-state index in [-0.39, 0.29) is 5.91 Å². The van der Waals surface area contributed by atoms with Gasteiger partial charge in [0.05, 0.1) is 4.90 Å². The van der Waals surface area contributed by atoms with E-state index in [2.05, 4.69) is 36.2 Å². The van der Waals surface area contributed by atoms with Crippen LogP contribution in [0.2, 0.25) is 0 Å². The van der Waals surface area contributed by atoms with E-state index >= 15 is 0 Å². The second-order valence-corrected chi connectivity index (χ2v) is 12.5. The number of nitrogens with one attached hydrogen (secondary N) is 1. The fourth-order valence-electron chi connectivity index (χ4n) is 5.65. The van der Waals surface area contributed by atoms with Crippen molar-refractivity contribution in [2.75, 3.05) is 25.9 Å². The molecule has 202 valence electrons. The standard InChI is InChI=1S/C32H40N2O3S/c1-4-21-34(31-19-16-28-23-29(38(3,36)37)17-18-30(28)24(31)2)22-9-8-20-33-32(35)27-14-12-26(13-15-27)25-10-6-5-7-11-25/h5-7,10-15,17-18,23-24,31H,4,8-9,16,19-22H2,1-3H3,(H,33,35)/t24-,31+/m1/s1. The number of aryl methyl sites for hydroxylation is 1. The lowest BCUT2D eigenvalue weighted by atomic mass is 9.79. The summed E-state index contributed by atoms with van der Waals surface area (Å²) in [6, 6.07) is 24.0. The lowest BCUT2D eigenvalue weighted by Gasteiger charge is -2.40. The average molecular weight is 533 g/mol. The highest BCUT2D eigenvalue weighted by atomic mass is 32.2. The summed E-state index contributed by atoms with van der Waals surface area (Å²) in [6.07, 6.45) is 6.28. The van der Waals surface area contributed by atoms with Gasteiger partial charge in [0.25, 0.3) is 5.91 Å². The third-order valence-electron chi connectivity index (χ3n) is 7.71. The highest BCUT2D eigenvalue weighted by molar-refractivity contribution is 7.90. The van der Waals surface area contributed by atoms with Crippen LogP contribution in [0.25, 0.3) is 11.1 Å². The van der Waals surface area contributed by atoms with E-state index in [1.165, 1.54) is 17.4 Å². The first-order valence-electron chi connectivity index (χ1n) is 13.8. The van der Waals surface area contributed by atoms with Gasteiger partial charge < -0.3 is 5.32 Å². The summed E-state index contributed by atoms with van der Waals surface area (Å²) in [5, 5.41) is 3.08. The number of benzene rings is 3. The summed E-state index contributed by atoms with van der Waals surface area (Å²) in [7, 11) is -3.19. The van der Waals surface area contributed by atoms with Gasteiger partial charge in [-0.2, -0.15) is 0 Å². The Morgan fingerprint density at radius 3 is 2.34 bits per heavy atom. The van der Waals surface area contributed by atoms with Gasteiger partial charge in [-0.25, -0.2) is 8.42 Å². The molecule has 1 aliphatic carbocycles. The Kier molecular flexibility index (Phi) is 9.40. The molecule has 1 aliphatic rings. The molecule has 3 aromatic carbocycles. The number of carbonyl (C=O) groups is 1. The molecule has 2 atom stereocenters. The predicted molar refractivity (Wildman–Crippen MR) is 155 cm³/mol. The van der Waals surface area contributed by atoms with E-state index in [1.807, 2.05) is 54.6 Å². The maximum Gasteiger partial charge on any atom is 0.251 e. The maximum atomic E-state index is 12.6. The summed E-state index contributed by atoms with van der Waals surface area (Å²) in [5.41, 5.74) is 5.39. The van der Waals surface area contributed by atoms with Crippen LogP contribution in [0, 0.1) is 0 Å². The van der Waals surface area contributed by atoms with Crippen molar-refractivity contribution >= 4 is 15.7 Å². The predicted octanol–water partition coefficient (Wildman–Crippen LogP) is 6.10. The second kappa shape index (κ2) is 12.7. The third-order valence-corrected chi connectivity index (χ3v) is 8.82. The SMILES string of the molecule is CCCN(CCCCNC(=O)c1ccc(-c2ccccc2)cc1)[C@H]1CCc2cc(S(C)(=O)=O)ccc2[C@H]1C. The molecule has 6 heteroatoms. The summed E-state index contributed by atoms with van der Waals surface area (Å²) in [5.74, 6) is 0.332. The Morgan fingerprint density at radius 1 is 0.947 bits per heavy atom. The van der Waals surface area contributed by atoms with Crippen LogP contribution in [-0.2, 0) is 16.3 Å². The van der Waals surface area contributed by atoms with Crippen LogP contribution in [-0.4, -0.2) is 51.2 Å². The first kappa shape index (κ1) is 28.1. The molecule has 0 aromatic heterocycles. The number of carbonyl (C=O) groups excluding carboxylic acids is 1. The molecule has 0 fully saturated rings. The fourth-order valence-corrected chi connectivity index (χ4v) is 6.32. The van der Waals surface area contributed by atoms with Gasteiger partial charge in [-0.15, -0.1) is 0 Å². The normalized spacial score (nSPS) is 17.3. The van der Waals surface area contributed by atoms with Crippen molar-refractivity contribution in [3.8, 4) is 11.1 Å². The van der Waals surface area contributed by atoms with Crippen molar-refractivity contribution in [2.45, 2.75) is 62.8 Å². The van der Waals surface area contributed by atoms with Gasteiger partial charge in [0.2, 0.25) is 0 Å². The van der Waals surface area contributed by atoms with E-state index in [0.717, 1.165) is 56.3 Å². The molecule has 0 spiro atoms. The molecule has 4 rings (SSSR count). The van der Waals surface area contributed by atoms with E-state index in [0.29, 0.717) is 29.0 Å². The monoisotopic (exact) mass is 532 g/mol. The van der Waals surface area contributed by atoms with Gasteiger partial charge in [-0.1, -0.05) is 62.4 Å². The summed E-state index contributed by atoms with van der Waals surface area (Å²) < 4.78 is 24.0. The van der Waals surface area contributed by atoms with Crippen LogP contribution in [0.5, 0.6) is 0 Å². The van der Waals surface area contributed by atoms with Crippen molar-refractivity contribution in [1.82, 2.24) is 10.2 Å². The van der Waals surface area contributed by atoms with Crippen LogP contribution in [0.1, 0.15) is 66.9 Å². The number of hydrogen-bond acceptors (Lipinski definition) is 4. The zero-order valence-corrected chi connectivity index (χ0v) is 23.6. The number of sulfone groups is 1. The van der Waals surface area contributed by atoms with Crippen molar-refractivity contribution in [1.29, 1.82) is 0 Å². The quantitative estimate of drug-likeness (QED) is 0.303. The van der Waals surface area contributed by atoms with Gasteiger partial charge >= 0.3 is 0 Å². The lowest BCUT2D eigenvalue weighted by molar-refractivity contribution is 0.0951. The molecule has 0 radical (unpaired) electrons. The van der Waals surface area contributed by atoms with Crippen LogP contribution >= 0.6 is 0 Å². The molecule has 5 nitrogen and oxygen atoms in total. The molecule has 0 saturated carbocycles. The molecule has 3 aromatic rings. The lowest BCUT2D eigenvalue weighted by Crippen LogP contribution is -2.42. The average Bonchev–Trinajstić information content (AvgIpc) is 2.92. The minimum Gasteiger partial charge on any atom is -0.352 e. The van der Waals surface area contributed by atoms with Gasteiger partial charge in [0.15, 0.2) is 9.84 Å². The number of nitrogens with zero attached hydrogens (tertiary/aromatic N) is 1. The molecule has 0 unspecified atom stereocenters. The minimum absolute atomic E-state index is 0.0269. The molecule has 0 heterocycles. The van der Waals surface area contributed by atoms with Gasteiger partial charge in [-0.3, -0.25) is 9.69 Å². The number of fused-ring (bicyclic) bond motifs is 1. The van der Waals surface area contributed by atoms with Crippen molar-refractivity contribution in [2.24, 2.45) is 0 Å². The van der Waals surface area contributed by atoms with Gasteiger partial charge in [0.1, 0.15) is 0 Å². The first-order chi connectivity index (χ1) is 18.3. The Balaban J connectivity index is 1.27. The van der Waals surface area contributed by atoms with E-state index < -0.39 is 9.84 Å². The highest BCUT2D eigenvalue weighted by Gasteiger charge is 2.30. The highest BCUT2D eigenvalue weighted by Crippen LogP contribution is 2.36. The molecule has 1 N–H and O–H groups in total. The van der Waals surface area contributed by atoms with E-state index in [1.54, 1.807) is 6.07 Å². The molecule has 0 saturated heterocycles. The zero-order valence-electron chi connectivity index (χ0n) is 22.8. The largest absolute Gasteiger partial charge is 0.352 e. The summed E-state index contributed by atoms with van der Waals surface area (Å²) in [4.78, 5) is 15.6. The number of rotatable bonds is 11. The van der Waals surface area contributed by atoms with Crippen LogP contribution in [0.4, 0.5) is 0 Å². The van der Waals surface area contributed by atoms with Crippen LogP contribution in [0.15, 0.2) is 77.7 Å². The zero-order chi connectivity index (χ0) is 27.1. The Bertz CT molecular complexity index is 1320. The Hall–Kier alpha value is -2.96. The fraction of sp³-hybridized carbons (Fsp3) is 0.406. The van der Waals surface area contributed by atoms with Crippen molar-refractivity contribution in [3.05, 3.63) is 89.5 Å². The van der Waals surface area contributed by atoms with Crippen molar-refractivity contribution < 1.29 is 13.2 Å². The summed E-state index contributed by atoms with van der Waals surface area (Å²) >= 11 is 0. The summed E-state index contributed by atoms with van der Waals surface area (Å²) in [6.45, 7) is 7.20. The van der Waals surface area contributed by atoms with E-state index in [4.69, 9.17) is 0 Å². The Morgan fingerprint density at radius 2 is 1.66 bits per heavy atom. The van der Waals surface area contributed by atoms with E-state index in [9.17, 15) is 13.2 Å². The smallest absolute Gasteiger partial charge is 0.251 e. The minimum atomic E-state index is -3.19. The number of hydrogen-bond donors (Lipinski definition) is 1.